The fraction of sp³-hybridized carbons (Fsp3) is 0.412. The first kappa shape index (κ1) is 14.3. The number of hydrogen-bond acceptors (Lipinski definition) is 2. The van der Waals surface area contributed by atoms with Crippen molar-refractivity contribution >= 4 is 17.2 Å². The van der Waals surface area contributed by atoms with Crippen LogP contribution in [-0.4, -0.2) is 10.9 Å². The molecule has 1 aromatic heterocycles. The van der Waals surface area contributed by atoms with Crippen LogP contribution >= 0.6 is 0 Å². The largest absolute Gasteiger partial charge is 0.347 e. The molecule has 3 nitrogen and oxygen atoms in total. The van der Waals surface area contributed by atoms with E-state index in [1.165, 1.54) is 0 Å². The summed E-state index contributed by atoms with van der Waals surface area (Å²) in [6.07, 6.45) is 5.94. The molecule has 20 heavy (non-hydrogen) atoms. The van der Waals surface area contributed by atoms with Crippen molar-refractivity contribution in [1.82, 2.24) is 4.57 Å². The van der Waals surface area contributed by atoms with Crippen LogP contribution in [0.1, 0.15) is 43.5 Å². The van der Waals surface area contributed by atoms with Gasteiger partial charge in [-0.15, -0.1) is 0 Å². The molecule has 3 heteroatoms. The van der Waals surface area contributed by atoms with Crippen molar-refractivity contribution in [2.75, 3.05) is 0 Å². The lowest BCUT2D eigenvalue weighted by molar-refractivity contribution is 0.112. The van der Waals surface area contributed by atoms with Gasteiger partial charge in [0.25, 0.3) is 0 Å². The van der Waals surface area contributed by atoms with E-state index in [0.29, 0.717) is 5.56 Å². The molecular weight excluding hydrogens is 248 g/mol. The second kappa shape index (κ2) is 5.92. The summed E-state index contributed by atoms with van der Waals surface area (Å²) in [7, 11) is 0. The molecule has 0 saturated heterocycles. The Morgan fingerprint density at radius 1 is 1.30 bits per heavy atom. The van der Waals surface area contributed by atoms with Gasteiger partial charge in [0.2, 0.25) is 0 Å². The smallest absolute Gasteiger partial charge is 0.150 e. The molecule has 1 heterocycles. The average molecular weight is 268 g/mol. The molecule has 0 saturated carbocycles. The van der Waals surface area contributed by atoms with Crippen LogP contribution < -0.4 is 0 Å². The normalized spacial score (nSPS) is 11.4. The fourth-order valence-corrected chi connectivity index (χ4v) is 2.37. The SMILES string of the molecule is CC(C)(C#N)CCCCn1ccc2ccc(C=O)cc21. The Labute approximate surface area is 119 Å². The molecule has 0 N–H and O–H groups in total. The summed E-state index contributed by atoms with van der Waals surface area (Å²) in [5, 5.41) is 10.1. The van der Waals surface area contributed by atoms with Crippen LogP contribution in [0.15, 0.2) is 30.5 Å². The lowest BCUT2D eigenvalue weighted by Gasteiger charge is -2.14. The maximum atomic E-state index is 10.8. The number of unbranched alkanes of at least 4 members (excludes halogenated alkanes) is 1. The standard InChI is InChI=1S/C17H20N2O/c1-17(2,13-18)8-3-4-9-19-10-7-15-6-5-14(12-20)11-16(15)19/h5-7,10-12H,3-4,8-9H2,1-2H3. The van der Waals surface area contributed by atoms with Crippen LogP contribution in [0.2, 0.25) is 0 Å². The molecule has 1 aromatic carbocycles. The molecule has 0 aliphatic heterocycles. The number of carbonyl (C=O) groups excluding carboxylic acids is 1. The van der Waals surface area contributed by atoms with Gasteiger partial charge in [-0.3, -0.25) is 4.79 Å². The molecule has 0 bridgehead atoms. The molecule has 2 aromatic rings. The molecule has 0 unspecified atom stereocenters. The highest BCUT2D eigenvalue weighted by atomic mass is 16.1. The predicted molar refractivity (Wildman–Crippen MR) is 80.6 cm³/mol. The monoisotopic (exact) mass is 268 g/mol. The van der Waals surface area contributed by atoms with E-state index >= 15 is 0 Å². The van der Waals surface area contributed by atoms with Crippen LogP contribution in [0.25, 0.3) is 10.9 Å². The van der Waals surface area contributed by atoms with Gasteiger partial charge < -0.3 is 4.57 Å². The molecule has 2 rings (SSSR count). The summed E-state index contributed by atoms with van der Waals surface area (Å²) < 4.78 is 2.18. The van der Waals surface area contributed by atoms with E-state index in [4.69, 9.17) is 5.26 Å². The number of rotatable bonds is 6. The number of fused-ring (bicyclic) bond motifs is 1. The van der Waals surface area contributed by atoms with Gasteiger partial charge >= 0.3 is 0 Å². The number of aryl methyl sites for hydroxylation is 1. The average Bonchev–Trinajstić information content (AvgIpc) is 2.86. The minimum Gasteiger partial charge on any atom is -0.347 e. The van der Waals surface area contributed by atoms with Crippen LogP contribution in [0.5, 0.6) is 0 Å². The van der Waals surface area contributed by atoms with E-state index < -0.39 is 0 Å². The highest BCUT2D eigenvalue weighted by Crippen LogP contribution is 2.23. The first-order valence-corrected chi connectivity index (χ1v) is 7.01. The van der Waals surface area contributed by atoms with Crippen molar-refractivity contribution in [1.29, 1.82) is 5.26 Å². The summed E-state index contributed by atoms with van der Waals surface area (Å²) >= 11 is 0. The Hall–Kier alpha value is -2.08. The molecule has 0 amide bonds. The van der Waals surface area contributed by atoms with Gasteiger partial charge in [0.15, 0.2) is 0 Å². The third-order valence-electron chi connectivity index (χ3n) is 3.69. The minimum atomic E-state index is -0.233. The maximum absolute atomic E-state index is 10.8. The summed E-state index contributed by atoms with van der Waals surface area (Å²) in [4.78, 5) is 10.8. The predicted octanol–water partition coefficient (Wildman–Crippen LogP) is 4.17. The van der Waals surface area contributed by atoms with Crippen LogP contribution in [0, 0.1) is 16.7 Å². The Morgan fingerprint density at radius 2 is 2.10 bits per heavy atom. The van der Waals surface area contributed by atoms with E-state index in [9.17, 15) is 4.79 Å². The summed E-state index contributed by atoms with van der Waals surface area (Å²) in [5.41, 5.74) is 1.58. The van der Waals surface area contributed by atoms with E-state index in [1.807, 2.05) is 32.0 Å². The molecule has 0 radical (unpaired) electrons. The second-order valence-corrected chi connectivity index (χ2v) is 5.90. The van der Waals surface area contributed by atoms with E-state index in [-0.39, 0.29) is 5.41 Å². The Kier molecular flexibility index (Phi) is 4.24. The van der Waals surface area contributed by atoms with Crippen LogP contribution in [0.4, 0.5) is 0 Å². The number of carbonyl (C=O) groups is 1. The van der Waals surface area contributed by atoms with Gasteiger partial charge in [0.05, 0.1) is 11.5 Å². The van der Waals surface area contributed by atoms with Gasteiger partial charge in [-0.1, -0.05) is 18.6 Å². The quantitative estimate of drug-likeness (QED) is 0.583. The zero-order valence-electron chi connectivity index (χ0n) is 12.1. The zero-order chi connectivity index (χ0) is 14.6. The van der Waals surface area contributed by atoms with Crippen LogP contribution in [-0.2, 0) is 6.54 Å². The summed E-state index contributed by atoms with van der Waals surface area (Å²) in [5.74, 6) is 0. The molecular formula is C17H20N2O. The van der Waals surface area contributed by atoms with Crippen molar-refractivity contribution in [3.63, 3.8) is 0 Å². The molecule has 104 valence electrons. The van der Waals surface area contributed by atoms with Crippen molar-refractivity contribution < 1.29 is 4.79 Å². The topological polar surface area (TPSA) is 45.8 Å². The molecule has 0 aliphatic carbocycles. The minimum absolute atomic E-state index is 0.233. The van der Waals surface area contributed by atoms with Gasteiger partial charge in [-0.05, 0) is 44.2 Å². The maximum Gasteiger partial charge on any atom is 0.150 e. The van der Waals surface area contributed by atoms with E-state index in [0.717, 1.165) is 43.0 Å². The lowest BCUT2D eigenvalue weighted by atomic mass is 9.89. The molecule has 0 spiro atoms. The highest BCUT2D eigenvalue weighted by molar-refractivity contribution is 5.87. The Morgan fingerprint density at radius 3 is 2.80 bits per heavy atom. The molecule has 0 atom stereocenters. The summed E-state index contributed by atoms with van der Waals surface area (Å²) in [6, 6.07) is 10.2. The van der Waals surface area contributed by atoms with Crippen LogP contribution in [0.3, 0.4) is 0 Å². The number of hydrogen-bond donors (Lipinski definition) is 0. The zero-order valence-corrected chi connectivity index (χ0v) is 12.1. The molecule has 0 aliphatic rings. The van der Waals surface area contributed by atoms with E-state index in [1.54, 1.807) is 0 Å². The van der Waals surface area contributed by atoms with Gasteiger partial charge in [0.1, 0.15) is 6.29 Å². The number of nitriles is 1. The summed E-state index contributed by atoms with van der Waals surface area (Å²) in [6.45, 7) is 4.89. The third-order valence-corrected chi connectivity index (χ3v) is 3.69. The second-order valence-electron chi connectivity index (χ2n) is 5.90. The Balaban J connectivity index is 2.00. The number of nitrogens with zero attached hydrogens (tertiary/aromatic N) is 2. The van der Waals surface area contributed by atoms with Crippen molar-refractivity contribution in [2.24, 2.45) is 5.41 Å². The Bertz CT molecular complexity index is 647. The number of aromatic nitrogens is 1. The fourth-order valence-electron chi connectivity index (χ4n) is 2.37. The van der Waals surface area contributed by atoms with Crippen molar-refractivity contribution in [3.8, 4) is 6.07 Å². The van der Waals surface area contributed by atoms with Gasteiger partial charge in [-0.25, -0.2) is 0 Å². The van der Waals surface area contributed by atoms with Crippen molar-refractivity contribution in [2.45, 2.75) is 39.7 Å². The highest BCUT2D eigenvalue weighted by Gasteiger charge is 2.15. The first-order valence-electron chi connectivity index (χ1n) is 7.01. The number of benzene rings is 1. The van der Waals surface area contributed by atoms with Gasteiger partial charge in [-0.2, -0.15) is 5.26 Å². The van der Waals surface area contributed by atoms with Crippen molar-refractivity contribution in [3.05, 3.63) is 36.0 Å². The third kappa shape index (κ3) is 3.27. The number of aldehydes is 1. The first-order chi connectivity index (χ1) is 9.55. The van der Waals surface area contributed by atoms with Gasteiger partial charge in [0, 0.05) is 23.8 Å². The van der Waals surface area contributed by atoms with E-state index in [2.05, 4.69) is 22.9 Å². The molecule has 0 fully saturated rings. The lowest BCUT2D eigenvalue weighted by Crippen LogP contribution is -2.08.